The number of hydrogen-bond acceptors (Lipinski definition) is 4. The van der Waals surface area contributed by atoms with Gasteiger partial charge in [-0.3, -0.25) is 4.79 Å². The van der Waals surface area contributed by atoms with Crippen LogP contribution in [0.1, 0.15) is 29.5 Å². The molecule has 25 heavy (non-hydrogen) atoms. The summed E-state index contributed by atoms with van der Waals surface area (Å²) in [4.78, 5) is 16.6. The number of hydrogen-bond donors (Lipinski definition) is 2. The van der Waals surface area contributed by atoms with Gasteiger partial charge >= 0.3 is 0 Å². The molecule has 2 atom stereocenters. The highest BCUT2D eigenvalue weighted by atomic mass is 35.5. The van der Waals surface area contributed by atoms with E-state index in [0.29, 0.717) is 18.7 Å². The summed E-state index contributed by atoms with van der Waals surface area (Å²) in [5, 5.41) is 3.05. The normalized spacial score (nSPS) is 18.6. The zero-order valence-electron chi connectivity index (χ0n) is 13.6. The number of para-hydroxylation sites is 2. The molecule has 4 rings (SSSR count). The average molecular weight is 358 g/mol. The highest BCUT2D eigenvalue weighted by Gasteiger charge is 2.30. The van der Waals surface area contributed by atoms with Crippen LogP contribution < -0.4 is 11.1 Å². The number of nitrogens with one attached hydrogen (secondary N) is 1. The van der Waals surface area contributed by atoms with E-state index >= 15 is 0 Å². The first kappa shape index (κ1) is 17.5. The SMILES string of the molecule is Cl.N[C@@H]1c2ccccc2C[C@H]1NC(=O)CCc1nc2ccccc2o1. The predicted molar refractivity (Wildman–Crippen MR) is 98.6 cm³/mol. The Labute approximate surface area is 152 Å². The Morgan fingerprint density at radius 2 is 1.96 bits per heavy atom. The standard InChI is InChI=1S/C19H19N3O2.ClH/c20-19-13-6-2-1-5-12(13)11-15(19)21-17(23)9-10-18-22-14-7-3-4-8-16(14)24-18;/h1-8,15,19H,9-11,20H2,(H,21,23);1H/t15-,19-;/m1./s1. The highest BCUT2D eigenvalue weighted by Crippen LogP contribution is 2.29. The molecule has 0 bridgehead atoms. The van der Waals surface area contributed by atoms with Crippen LogP contribution >= 0.6 is 12.4 Å². The van der Waals surface area contributed by atoms with Crippen molar-refractivity contribution in [3.8, 4) is 0 Å². The number of benzene rings is 2. The lowest BCUT2D eigenvalue weighted by Gasteiger charge is -2.17. The Morgan fingerprint density at radius 1 is 1.20 bits per heavy atom. The van der Waals surface area contributed by atoms with Gasteiger partial charge in [0.1, 0.15) is 5.52 Å². The summed E-state index contributed by atoms with van der Waals surface area (Å²) in [6.45, 7) is 0. The average Bonchev–Trinajstić information content (AvgIpc) is 3.15. The molecule has 1 heterocycles. The molecule has 0 unspecified atom stereocenters. The van der Waals surface area contributed by atoms with Gasteiger partial charge in [0.15, 0.2) is 11.5 Å². The monoisotopic (exact) mass is 357 g/mol. The maximum atomic E-state index is 12.2. The lowest BCUT2D eigenvalue weighted by Crippen LogP contribution is -2.40. The van der Waals surface area contributed by atoms with Crippen molar-refractivity contribution in [2.75, 3.05) is 0 Å². The topological polar surface area (TPSA) is 81.1 Å². The lowest BCUT2D eigenvalue weighted by molar-refractivity contribution is -0.121. The Morgan fingerprint density at radius 3 is 2.76 bits per heavy atom. The van der Waals surface area contributed by atoms with Gasteiger partial charge in [0, 0.05) is 12.8 Å². The van der Waals surface area contributed by atoms with Crippen LogP contribution in [-0.2, 0) is 17.6 Å². The molecule has 0 radical (unpaired) electrons. The second kappa shape index (κ2) is 7.25. The Balaban J connectivity index is 0.00000182. The lowest BCUT2D eigenvalue weighted by atomic mass is 10.1. The fourth-order valence-electron chi connectivity index (χ4n) is 3.29. The fraction of sp³-hybridized carbons (Fsp3) is 0.263. The van der Waals surface area contributed by atoms with Gasteiger partial charge in [-0.05, 0) is 29.7 Å². The van der Waals surface area contributed by atoms with Crippen molar-refractivity contribution in [1.82, 2.24) is 10.3 Å². The van der Waals surface area contributed by atoms with Crippen molar-refractivity contribution in [1.29, 1.82) is 0 Å². The number of halogens is 1. The van der Waals surface area contributed by atoms with E-state index in [4.69, 9.17) is 10.2 Å². The number of nitrogens with zero attached hydrogens (tertiary/aromatic N) is 1. The molecule has 1 aliphatic carbocycles. The second-order valence-electron chi connectivity index (χ2n) is 6.18. The van der Waals surface area contributed by atoms with Crippen LogP contribution in [0.15, 0.2) is 52.9 Å². The van der Waals surface area contributed by atoms with E-state index in [1.54, 1.807) is 0 Å². The summed E-state index contributed by atoms with van der Waals surface area (Å²) in [7, 11) is 0. The van der Waals surface area contributed by atoms with Gasteiger partial charge in [-0.25, -0.2) is 4.98 Å². The molecule has 1 aromatic heterocycles. The second-order valence-corrected chi connectivity index (χ2v) is 6.18. The molecule has 3 aromatic rings. The van der Waals surface area contributed by atoms with Crippen LogP contribution in [0.4, 0.5) is 0 Å². The zero-order chi connectivity index (χ0) is 16.5. The van der Waals surface area contributed by atoms with Gasteiger partial charge in [0.2, 0.25) is 5.91 Å². The molecule has 0 spiro atoms. The number of fused-ring (bicyclic) bond motifs is 2. The summed E-state index contributed by atoms with van der Waals surface area (Å²) in [5.41, 5.74) is 10.2. The molecule has 0 aliphatic heterocycles. The molecule has 5 nitrogen and oxygen atoms in total. The number of oxazole rings is 1. The van der Waals surface area contributed by atoms with Gasteiger partial charge < -0.3 is 15.5 Å². The van der Waals surface area contributed by atoms with E-state index in [1.807, 2.05) is 42.5 Å². The van der Waals surface area contributed by atoms with E-state index in [9.17, 15) is 4.79 Å². The Bertz CT molecular complexity index is 860. The van der Waals surface area contributed by atoms with Crippen LogP contribution in [-0.4, -0.2) is 16.9 Å². The maximum Gasteiger partial charge on any atom is 0.220 e. The van der Waals surface area contributed by atoms with Crippen molar-refractivity contribution in [3.63, 3.8) is 0 Å². The van der Waals surface area contributed by atoms with Gasteiger partial charge in [0.25, 0.3) is 0 Å². The molecule has 1 aliphatic rings. The Hall–Kier alpha value is -2.37. The third-order valence-corrected chi connectivity index (χ3v) is 4.54. The number of rotatable bonds is 4. The number of aromatic nitrogens is 1. The summed E-state index contributed by atoms with van der Waals surface area (Å²) in [5.74, 6) is 0.566. The summed E-state index contributed by atoms with van der Waals surface area (Å²) < 4.78 is 5.64. The molecule has 6 heteroatoms. The van der Waals surface area contributed by atoms with Crippen LogP contribution in [0.3, 0.4) is 0 Å². The minimum Gasteiger partial charge on any atom is -0.441 e. The van der Waals surface area contributed by atoms with Crippen LogP contribution in [0.25, 0.3) is 11.1 Å². The molecule has 0 fully saturated rings. The van der Waals surface area contributed by atoms with Crippen molar-refractivity contribution < 1.29 is 9.21 Å². The van der Waals surface area contributed by atoms with Gasteiger partial charge in [-0.1, -0.05) is 36.4 Å². The summed E-state index contributed by atoms with van der Waals surface area (Å²) in [6.07, 6.45) is 1.60. The molecule has 3 N–H and O–H groups in total. The van der Waals surface area contributed by atoms with Gasteiger partial charge in [-0.15, -0.1) is 12.4 Å². The minimum absolute atomic E-state index is 0. The van der Waals surface area contributed by atoms with Crippen molar-refractivity contribution in [2.24, 2.45) is 5.73 Å². The van der Waals surface area contributed by atoms with E-state index < -0.39 is 0 Å². The quantitative estimate of drug-likeness (QED) is 0.752. The predicted octanol–water partition coefficient (Wildman–Crippen LogP) is 2.92. The van der Waals surface area contributed by atoms with Gasteiger partial charge in [0.05, 0.1) is 12.1 Å². The van der Waals surface area contributed by atoms with Crippen LogP contribution in [0, 0.1) is 0 Å². The first-order valence-electron chi connectivity index (χ1n) is 8.18. The maximum absolute atomic E-state index is 12.2. The molecule has 130 valence electrons. The molecule has 1 amide bonds. The molecular formula is C19H20ClN3O2. The number of carbonyl (C=O) groups excluding carboxylic acids is 1. The van der Waals surface area contributed by atoms with E-state index in [0.717, 1.165) is 23.1 Å². The van der Waals surface area contributed by atoms with Gasteiger partial charge in [-0.2, -0.15) is 0 Å². The highest BCUT2D eigenvalue weighted by molar-refractivity contribution is 5.85. The fourth-order valence-corrected chi connectivity index (χ4v) is 3.29. The van der Waals surface area contributed by atoms with Crippen LogP contribution in [0.2, 0.25) is 0 Å². The third-order valence-electron chi connectivity index (χ3n) is 4.54. The largest absolute Gasteiger partial charge is 0.441 e. The smallest absolute Gasteiger partial charge is 0.220 e. The minimum atomic E-state index is -0.144. The van der Waals surface area contributed by atoms with E-state index in [1.165, 1.54) is 5.56 Å². The van der Waals surface area contributed by atoms with Crippen molar-refractivity contribution >= 4 is 29.4 Å². The molecule has 0 saturated carbocycles. The molecule has 2 aromatic carbocycles. The van der Waals surface area contributed by atoms with E-state index in [2.05, 4.69) is 16.4 Å². The third kappa shape index (κ3) is 3.52. The molecular weight excluding hydrogens is 338 g/mol. The number of amides is 1. The summed E-state index contributed by atoms with van der Waals surface area (Å²) >= 11 is 0. The number of aryl methyl sites for hydroxylation is 1. The zero-order valence-corrected chi connectivity index (χ0v) is 14.5. The van der Waals surface area contributed by atoms with Crippen molar-refractivity contribution in [3.05, 3.63) is 65.5 Å². The van der Waals surface area contributed by atoms with E-state index in [-0.39, 0.29) is 30.4 Å². The Kier molecular flexibility index (Phi) is 5.06. The number of carbonyl (C=O) groups is 1. The first-order chi connectivity index (χ1) is 11.7. The summed E-state index contributed by atoms with van der Waals surface area (Å²) in [6, 6.07) is 15.5. The van der Waals surface area contributed by atoms with Crippen molar-refractivity contribution in [2.45, 2.75) is 31.3 Å². The van der Waals surface area contributed by atoms with Crippen LogP contribution in [0.5, 0.6) is 0 Å². The molecule has 0 saturated heterocycles. The first-order valence-corrected chi connectivity index (χ1v) is 8.18. The number of nitrogens with two attached hydrogens (primary N) is 1.